The van der Waals surface area contributed by atoms with Crippen molar-refractivity contribution in [1.29, 1.82) is 0 Å². The number of carbonyl (C=O) groups excluding carboxylic acids is 1. The van der Waals surface area contributed by atoms with Crippen molar-refractivity contribution in [3.63, 3.8) is 0 Å². The molecule has 10 heteroatoms. The van der Waals surface area contributed by atoms with Gasteiger partial charge in [-0.2, -0.15) is 0 Å². The number of rotatable bonds is 9. The van der Waals surface area contributed by atoms with Crippen molar-refractivity contribution in [3.05, 3.63) is 35.7 Å². The van der Waals surface area contributed by atoms with Crippen molar-refractivity contribution in [1.82, 2.24) is 24.4 Å². The fourth-order valence-electron chi connectivity index (χ4n) is 3.03. The van der Waals surface area contributed by atoms with Crippen LogP contribution in [0, 0.1) is 6.92 Å². The molecule has 8 nitrogen and oxygen atoms in total. The van der Waals surface area contributed by atoms with E-state index in [1.165, 1.54) is 11.8 Å². The number of nitrogens with zero attached hydrogens (tertiary/aromatic N) is 4. The van der Waals surface area contributed by atoms with Crippen LogP contribution < -0.4 is 4.72 Å². The molecule has 0 saturated carbocycles. The summed E-state index contributed by atoms with van der Waals surface area (Å²) in [6, 6.07) is 7.97. The lowest BCUT2D eigenvalue weighted by Crippen LogP contribution is -2.43. The van der Waals surface area contributed by atoms with E-state index in [1.807, 2.05) is 63.8 Å². The first kappa shape index (κ1) is 23.4. The van der Waals surface area contributed by atoms with Gasteiger partial charge in [-0.25, -0.2) is 13.1 Å². The van der Waals surface area contributed by atoms with Crippen LogP contribution in [-0.2, 0) is 21.4 Å². The third-order valence-corrected chi connectivity index (χ3v) is 5.79. The van der Waals surface area contributed by atoms with E-state index >= 15 is 0 Å². The van der Waals surface area contributed by atoms with Crippen LogP contribution in [0.3, 0.4) is 0 Å². The first-order valence-corrected chi connectivity index (χ1v) is 12.3. The fraction of sp³-hybridized carbons (Fsp3) is 0.526. The largest absolute Gasteiger partial charge is 0.337 e. The van der Waals surface area contributed by atoms with E-state index in [-0.39, 0.29) is 30.3 Å². The molecule has 0 fully saturated rings. The number of aromatic nitrogens is 3. The Bertz CT molecular complexity index is 929. The van der Waals surface area contributed by atoms with Gasteiger partial charge >= 0.3 is 0 Å². The SMILES string of the molecule is Cc1ccc(-n2c(CNS(C)(=O)=O)nnc2SCC(=O)N(C(C)C)C(C)C)cc1. The molecule has 0 aliphatic rings. The van der Waals surface area contributed by atoms with Gasteiger partial charge in [0.25, 0.3) is 0 Å². The molecule has 1 aromatic heterocycles. The monoisotopic (exact) mass is 439 g/mol. The lowest BCUT2D eigenvalue weighted by atomic mass is 10.2. The van der Waals surface area contributed by atoms with Gasteiger partial charge in [0, 0.05) is 17.8 Å². The van der Waals surface area contributed by atoms with Crippen molar-refractivity contribution in [2.75, 3.05) is 12.0 Å². The number of thioether (sulfide) groups is 1. The van der Waals surface area contributed by atoms with E-state index < -0.39 is 10.0 Å². The van der Waals surface area contributed by atoms with Crippen LogP contribution in [-0.4, -0.2) is 58.1 Å². The van der Waals surface area contributed by atoms with Crippen molar-refractivity contribution in [2.45, 2.75) is 58.4 Å². The summed E-state index contributed by atoms with van der Waals surface area (Å²) in [6.45, 7) is 9.97. The molecule has 0 radical (unpaired) electrons. The molecule has 2 aromatic rings. The van der Waals surface area contributed by atoms with Crippen LogP contribution in [0.15, 0.2) is 29.4 Å². The summed E-state index contributed by atoms with van der Waals surface area (Å²) in [6.07, 6.45) is 1.10. The minimum absolute atomic E-state index is 0.0122. The van der Waals surface area contributed by atoms with Gasteiger partial charge < -0.3 is 4.90 Å². The molecule has 0 spiro atoms. The summed E-state index contributed by atoms with van der Waals surface area (Å²) in [5.74, 6) is 0.702. The van der Waals surface area contributed by atoms with Gasteiger partial charge in [-0.1, -0.05) is 29.5 Å². The summed E-state index contributed by atoms with van der Waals surface area (Å²) in [4.78, 5) is 14.6. The Morgan fingerprint density at radius 2 is 1.72 bits per heavy atom. The molecule has 0 unspecified atom stereocenters. The Kier molecular flexibility index (Phi) is 7.84. The second kappa shape index (κ2) is 9.73. The molecule has 0 bridgehead atoms. The average molecular weight is 440 g/mol. The Labute approximate surface area is 177 Å². The molecule has 0 aliphatic carbocycles. The van der Waals surface area contributed by atoms with Crippen molar-refractivity contribution in [2.24, 2.45) is 0 Å². The normalized spacial score (nSPS) is 12.0. The van der Waals surface area contributed by atoms with Crippen LogP contribution in [0.1, 0.15) is 39.1 Å². The summed E-state index contributed by atoms with van der Waals surface area (Å²) < 4.78 is 27.2. The predicted molar refractivity (Wildman–Crippen MR) is 116 cm³/mol. The highest BCUT2D eigenvalue weighted by molar-refractivity contribution is 7.99. The lowest BCUT2D eigenvalue weighted by Gasteiger charge is -2.30. The zero-order chi connectivity index (χ0) is 21.8. The van der Waals surface area contributed by atoms with Crippen LogP contribution in [0.5, 0.6) is 0 Å². The minimum atomic E-state index is -3.37. The molecular formula is C19H29N5O3S2. The standard InChI is InChI=1S/C19H29N5O3S2/c1-13(2)23(14(3)4)18(25)12-28-19-22-21-17(11-20-29(6,26)27)24(19)16-9-7-15(5)8-10-16/h7-10,13-14,20H,11-12H2,1-6H3. The first-order valence-electron chi connectivity index (χ1n) is 9.39. The maximum absolute atomic E-state index is 12.7. The van der Waals surface area contributed by atoms with Crippen molar-refractivity contribution in [3.8, 4) is 5.69 Å². The van der Waals surface area contributed by atoms with E-state index in [9.17, 15) is 13.2 Å². The maximum Gasteiger partial charge on any atom is 0.233 e. The smallest absolute Gasteiger partial charge is 0.233 e. The van der Waals surface area contributed by atoms with E-state index in [1.54, 1.807) is 4.57 Å². The van der Waals surface area contributed by atoms with Gasteiger partial charge in [-0.3, -0.25) is 9.36 Å². The third-order valence-electron chi connectivity index (χ3n) is 4.21. The second-order valence-electron chi connectivity index (χ2n) is 7.44. The maximum atomic E-state index is 12.7. The molecule has 2 rings (SSSR count). The molecule has 1 amide bonds. The number of hydrogen-bond donors (Lipinski definition) is 1. The number of benzene rings is 1. The molecule has 1 aromatic carbocycles. The van der Waals surface area contributed by atoms with Crippen LogP contribution in [0.2, 0.25) is 0 Å². The summed E-state index contributed by atoms with van der Waals surface area (Å²) in [7, 11) is -3.37. The first-order chi connectivity index (χ1) is 13.5. The molecule has 1 N–H and O–H groups in total. The van der Waals surface area contributed by atoms with E-state index in [0.29, 0.717) is 11.0 Å². The average Bonchev–Trinajstić information content (AvgIpc) is 3.00. The van der Waals surface area contributed by atoms with E-state index in [2.05, 4.69) is 14.9 Å². The molecule has 0 saturated heterocycles. The van der Waals surface area contributed by atoms with Gasteiger partial charge in [0.2, 0.25) is 15.9 Å². The highest BCUT2D eigenvalue weighted by Crippen LogP contribution is 2.23. The number of nitrogens with one attached hydrogen (secondary N) is 1. The topological polar surface area (TPSA) is 97.2 Å². The Hall–Kier alpha value is -1.91. The number of aryl methyl sites for hydroxylation is 1. The van der Waals surface area contributed by atoms with Crippen molar-refractivity contribution >= 4 is 27.7 Å². The van der Waals surface area contributed by atoms with Gasteiger partial charge in [-0.15, -0.1) is 10.2 Å². The van der Waals surface area contributed by atoms with Gasteiger partial charge in [0.05, 0.1) is 18.6 Å². The second-order valence-corrected chi connectivity index (χ2v) is 10.2. The Balaban J connectivity index is 2.30. The minimum Gasteiger partial charge on any atom is -0.337 e. The van der Waals surface area contributed by atoms with E-state index in [4.69, 9.17) is 0 Å². The Morgan fingerprint density at radius 1 is 1.14 bits per heavy atom. The van der Waals surface area contributed by atoms with Crippen LogP contribution >= 0.6 is 11.8 Å². The van der Waals surface area contributed by atoms with Gasteiger partial charge in [-0.05, 0) is 46.8 Å². The molecule has 160 valence electrons. The summed E-state index contributed by atoms with van der Waals surface area (Å²) in [5, 5.41) is 8.90. The van der Waals surface area contributed by atoms with E-state index in [0.717, 1.165) is 17.5 Å². The fourth-order valence-corrected chi connectivity index (χ4v) is 4.26. The lowest BCUT2D eigenvalue weighted by molar-refractivity contribution is -0.131. The summed E-state index contributed by atoms with van der Waals surface area (Å²) in [5.41, 5.74) is 1.91. The number of sulfonamides is 1. The molecule has 0 atom stereocenters. The molecule has 1 heterocycles. The molecule has 0 aliphatic heterocycles. The predicted octanol–water partition coefficient (Wildman–Crippen LogP) is 2.36. The zero-order valence-electron chi connectivity index (χ0n) is 17.7. The molecular weight excluding hydrogens is 410 g/mol. The summed E-state index contributed by atoms with van der Waals surface area (Å²) >= 11 is 1.29. The highest BCUT2D eigenvalue weighted by Gasteiger charge is 2.22. The Morgan fingerprint density at radius 3 is 2.24 bits per heavy atom. The molecule has 29 heavy (non-hydrogen) atoms. The number of amides is 1. The zero-order valence-corrected chi connectivity index (χ0v) is 19.3. The van der Waals surface area contributed by atoms with Gasteiger partial charge in [0.1, 0.15) is 0 Å². The van der Waals surface area contributed by atoms with Crippen molar-refractivity contribution < 1.29 is 13.2 Å². The third kappa shape index (κ3) is 6.55. The number of carbonyl (C=O) groups is 1. The quantitative estimate of drug-likeness (QED) is 0.603. The van der Waals surface area contributed by atoms with Crippen LogP contribution in [0.4, 0.5) is 0 Å². The van der Waals surface area contributed by atoms with Crippen LogP contribution in [0.25, 0.3) is 5.69 Å². The van der Waals surface area contributed by atoms with Gasteiger partial charge in [0.15, 0.2) is 11.0 Å². The highest BCUT2D eigenvalue weighted by atomic mass is 32.2. The number of hydrogen-bond acceptors (Lipinski definition) is 6.